The van der Waals surface area contributed by atoms with E-state index in [1.165, 1.54) is 16.7 Å². The van der Waals surface area contributed by atoms with Crippen molar-refractivity contribution in [2.24, 2.45) is 0 Å². The van der Waals surface area contributed by atoms with Gasteiger partial charge in [0.25, 0.3) is 0 Å². The minimum atomic E-state index is -0.247. The summed E-state index contributed by atoms with van der Waals surface area (Å²) in [7, 11) is 0. The molecular formula is C19H25N3O2. The number of hydrogen-bond acceptors (Lipinski definition) is 3. The molecule has 0 saturated carbocycles. The Morgan fingerprint density at radius 3 is 2.71 bits per heavy atom. The molecule has 1 N–H and O–H groups in total. The first-order valence-electron chi connectivity index (χ1n) is 8.95. The summed E-state index contributed by atoms with van der Waals surface area (Å²) in [5.41, 5.74) is 3.83. The van der Waals surface area contributed by atoms with E-state index in [4.69, 9.17) is 0 Å². The van der Waals surface area contributed by atoms with Crippen molar-refractivity contribution in [3.63, 3.8) is 0 Å². The Balaban J connectivity index is 1.43. The predicted octanol–water partition coefficient (Wildman–Crippen LogP) is 1.37. The third kappa shape index (κ3) is 2.51. The number of amides is 2. The van der Waals surface area contributed by atoms with Crippen molar-refractivity contribution in [2.45, 2.75) is 57.8 Å². The number of carbonyl (C=O) groups excluding carboxylic acids is 2. The lowest BCUT2D eigenvalue weighted by Gasteiger charge is -2.38. The second kappa shape index (κ2) is 5.88. The molecule has 5 nitrogen and oxygen atoms in total. The number of rotatable bonds is 3. The zero-order chi connectivity index (χ0) is 16.8. The summed E-state index contributed by atoms with van der Waals surface area (Å²) in [6, 6.07) is 6.24. The number of hydrogen-bond donors (Lipinski definition) is 1. The van der Waals surface area contributed by atoms with Crippen LogP contribution >= 0.6 is 0 Å². The molecule has 3 aliphatic rings. The molecule has 1 aromatic carbocycles. The molecular weight excluding hydrogens is 302 g/mol. The first kappa shape index (κ1) is 15.6. The van der Waals surface area contributed by atoms with E-state index in [1.807, 2.05) is 9.80 Å². The van der Waals surface area contributed by atoms with Crippen molar-refractivity contribution in [3.8, 4) is 0 Å². The highest BCUT2D eigenvalue weighted by molar-refractivity contribution is 5.98. The number of fused-ring (bicyclic) bond motifs is 2. The minimum Gasteiger partial charge on any atom is -0.329 e. The maximum Gasteiger partial charge on any atom is 0.246 e. The van der Waals surface area contributed by atoms with E-state index < -0.39 is 0 Å². The molecule has 0 aliphatic carbocycles. The van der Waals surface area contributed by atoms with Crippen LogP contribution in [0.3, 0.4) is 0 Å². The average Bonchev–Trinajstić information content (AvgIpc) is 3.19. The van der Waals surface area contributed by atoms with Gasteiger partial charge in [-0.05, 0) is 44.2 Å². The van der Waals surface area contributed by atoms with Crippen LogP contribution in [0.2, 0.25) is 0 Å². The molecule has 5 heteroatoms. The van der Waals surface area contributed by atoms with Crippen molar-refractivity contribution in [1.82, 2.24) is 15.1 Å². The summed E-state index contributed by atoms with van der Waals surface area (Å²) in [6.07, 6.45) is 2.52. The van der Waals surface area contributed by atoms with Crippen molar-refractivity contribution in [2.75, 3.05) is 13.1 Å². The number of benzene rings is 1. The van der Waals surface area contributed by atoms with Crippen LogP contribution in [0.5, 0.6) is 0 Å². The van der Waals surface area contributed by atoms with E-state index in [2.05, 4.69) is 37.4 Å². The highest BCUT2D eigenvalue weighted by atomic mass is 16.2. The standard InChI is InChI=1S/C19H25N3O2/c1-12-5-6-14(13(2)8-12)10-20-15-9-17-19(24)21-7-3-4-16(21)18(23)22(17)11-15/h5-6,8,15-17,20H,3-4,7,9-11H2,1-2H3/t15-,16+,17-/m0/s1. The van der Waals surface area contributed by atoms with E-state index >= 15 is 0 Å². The van der Waals surface area contributed by atoms with E-state index in [0.29, 0.717) is 6.54 Å². The Bertz CT molecular complexity index is 657. The molecule has 3 atom stereocenters. The van der Waals surface area contributed by atoms with Gasteiger partial charge in [-0.2, -0.15) is 0 Å². The van der Waals surface area contributed by atoms with Crippen LogP contribution < -0.4 is 5.32 Å². The van der Waals surface area contributed by atoms with E-state index in [0.717, 1.165) is 32.4 Å². The minimum absolute atomic E-state index is 0.160. The first-order chi connectivity index (χ1) is 11.5. The Morgan fingerprint density at radius 1 is 1.12 bits per heavy atom. The van der Waals surface area contributed by atoms with Crippen molar-refractivity contribution in [1.29, 1.82) is 0 Å². The van der Waals surface area contributed by atoms with Crippen molar-refractivity contribution < 1.29 is 9.59 Å². The Hall–Kier alpha value is -1.88. The van der Waals surface area contributed by atoms with E-state index in [1.54, 1.807) is 0 Å². The fraction of sp³-hybridized carbons (Fsp3) is 0.579. The summed E-state index contributed by atoms with van der Waals surface area (Å²) >= 11 is 0. The fourth-order valence-electron chi connectivity index (χ4n) is 4.43. The lowest BCUT2D eigenvalue weighted by molar-refractivity contribution is -0.156. The second-order valence-corrected chi connectivity index (χ2v) is 7.44. The Kier molecular flexibility index (Phi) is 3.83. The Morgan fingerprint density at radius 2 is 1.92 bits per heavy atom. The topological polar surface area (TPSA) is 52.7 Å². The molecule has 24 heavy (non-hydrogen) atoms. The summed E-state index contributed by atoms with van der Waals surface area (Å²) in [5, 5.41) is 3.56. The summed E-state index contributed by atoms with van der Waals surface area (Å²) in [5.74, 6) is 0.320. The molecule has 2 amide bonds. The number of carbonyl (C=O) groups is 2. The molecule has 0 spiro atoms. The summed E-state index contributed by atoms with van der Waals surface area (Å²) < 4.78 is 0. The van der Waals surface area contributed by atoms with Crippen LogP contribution in [-0.2, 0) is 16.1 Å². The van der Waals surface area contributed by atoms with Crippen molar-refractivity contribution >= 4 is 11.8 Å². The third-order valence-corrected chi connectivity index (χ3v) is 5.77. The van der Waals surface area contributed by atoms with Gasteiger partial charge in [0.05, 0.1) is 0 Å². The molecule has 0 unspecified atom stereocenters. The number of aryl methyl sites for hydroxylation is 2. The fourth-order valence-corrected chi connectivity index (χ4v) is 4.43. The second-order valence-electron chi connectivity index (χ2n) is 7.44. The van der Waals surface area contributed by atoms with Gasteiger partial charge in [0, 0.05) is 25.7 Å². The van der Waals surface area contributed by atoms with Crippen LogP contribution in [-0.4, -0.2) is 52.8 Å². The van der Waals surface area contributed by atoms with Crippen LogP contribution in [0, 0.1) is 13.8 Å². The lowest BCUT2D eigenvalue weighted by Crippen LogP contribution is -2.60. The molecule has 128 valence electrons. The number of piperazine rings is 1. The van der Waals surface area contributed by atoms with Crippen LogP contribution in [0.1, 0.15) is 36.0 Å². The highest BCUT2D eigenvalue weighted by Gasteiger charge is 2.51. The molecule has 0 bridgehead atoms. The SMILES string of the molecule is Cc1ccc(CN[C@H]2C[C@H]3C(=O)N4CCC[C@@H]4C(=O)N3C2)c(C)c1. The van der Waals surface area contributed by atoms with Gasteiger partial charge in [0.15, 0.2) is 0 Å². The first-order valence-corrected chi connectivity index (χ1v) is 8.95. The smallest absolute Gasteiger partial charge is 0.246 e. The zero-order valence-electron chi connectivity index (χ0n) is 14.4. The quantitative estimate of drug-likeness (QED) is 0.912. The Labute approximate surface area is 143 Å². The van der Waals surface area contributed by atoms with Gasteiger partial charge in [0.1, 0.15) is 12.1 Å². The van der Waals surface area contributed by atoms with Gasteiger partial charge < -0.3 is 15.1 Å². The lowest BCUT2D eigenvalue weighted by atomic mass is 10.0. The predicted molar refractivity (Wildman–Crippen MR) is 91.4 cm³/mol. The molecule has 3 heterocycles. The van der Waals surface area contributed by atoms with Gasteiger partial charge >= 0.3 is 0 Å². The van der Waals surface area contributed by atoms with Gasteiger partial charge in [-0.25, -0.2) is 0 Å². The van der Waals surface area contributed by atoms with E-state index in [9.17, 15) is 9.59 Å². The van der Waals surface area contributed by atoms with Crippen molar-refractivity contribution in [3.05, 3.63) is 34.9 Å². The van der Waals surface area contributed by atoms with Gasteiger partial charge in [-0.3, -0.25) is 9.59 Å². The molecule has 0 aromatic heterocycles. The number of nitrogens with one attached hydrogen (secondary N) is 1. The molecule has 3 saturated heterocycles. The van der Waals surface area contributed by atoms with Crippen LogP contribution in [0.15, 0.2) is 18.2 Å². The molecule has 3 aliphatic heterocycles. The zero-order valence-corrected chi connectivity index (χ0v) is 14.4. The third-order valence-electron chi connectivity index (χ3n) is 5.77. The molecule has 1 aromatic rings. The highest BCUT2D eigenvalue weighted by Crippen LogP contribution is 2.32. The molecule has 0 radical (unpaired) electrons. The maximum atomic E-state index is 12.6. The maximum absolute atomic E-state index is 12.6. The van der Waals surface area contributed by atoms with Gasteiger partial charge in [-0.15, -0.1) is 0 Å². The summed E-state index contributed by atoms with van der Waals surface area (Å²) in [4.78, 5) is 28.9. The number of nitrogens with zero attached hydrogens (tertiary/aromatic N) is 2. The van der Waals surface area contributed by atoms with Gasteiger partial charge in [0.2, 0.25) is 11.8 Å². The van der Waals surface area contributed by atoms with Crippen LogP contribution in [0.4, 0.5) is 0 Å². The largest absolute Gasteiger partial charge is 0.329 e. The average molecular weight is 327 g/mol. The summed E-state index contributed by atoms with van der Waals surface area (Å²) in [6.45, 7) is 6.42. The normalized spacial score (nSPS) is 29.2. The van der Waals surface area contributed by atoms with E-state index in [-0.39, 0.29) is 29.9 Å². The molecule has 4 rings (SSSR count). The molecule has 3 fully saturated rings. The van der Waals surface area contributed by atoms with Gasteiger partial charge in [-0.1, -0.05) is 23.8 Å². The van der Waals surface area contributed by atoms with Crippen LogP contribution in [0.25, 0.3) is 0 Å². The monoisotopic (exact) mass is 327 g/mol.